The summed E-state index contributed by atoms with van der Waals surface area (Å²) in [6.07, 6.45) is 0.806. The number of amides is 1. The molecule has 0 spiro atoms. The van der Waals surface area contributed by atoms with Gasteiger partial charge in [-0.2, -0.15) is 0 Å². The van der Waals surface area contributed by atoms with Crippen LogP contribution in [0.25, 0.3) is 0 Å². The van der Waals surface area contributed by atoms with E-state index >= 15 is 0 Å². The van der Waals surface area contributed by atoms with Crippen LogP contribution in [0.3, 0.4) is 0 Å². The number of nitrogens with one attached hydrogen (secondary N) is 2. The lowest BCUT2D eigenvalue weighted by Crippen LogP contribution is -2.34. The molecule has 0 saturated carbocycles. The monoisotopic (exact) mass is 386 g/mol. The largest absolute Gasteiger partial charge is 0.331 e. The zero-order valence-electron chi connectivity index (χ0n) is 11.9. The fourth-order valence-corrected chi connectivity index (χ4v) is 2.69. The summed E-state index contributed by atoms with van der Waals surface area (Å²) in [5, 5.41) is 7.02. The van der Waals surface area contributed by atoms with Crippen molar-refractivity contribution in [1.82, 2.24) is 5.32 Å². The molecule has 7 heteroatoms. The van der Waals surface area contributed by atoms with E-state index in [1.54, 1.807) is 24.3 Å². The highest BCUT2D eigenvalue weighted by molar-refractivity contribution is 7.80. The summed E-state index contributed by atoms with van der Waals surface area (Å²) >= 11 is 23.1. The minimum absolute atomic E-state index is 0.165. The number of thiocarbonyl (C=S) groups is 1. The molecule has 0 saturated heterocycles. The van der Waals surface area contributed by atoms with Gasteiger partial charge in [-0.15, -0.1) is 0 Å². The lowest BCUT2D eigenvalue weighted by Gasteiger charge is -2.11. The second kappa shape index (κ2) is 8.50. The molecule has 0 aliphatic carbocycles. The third-order valence-corrected chi connectivity index (χ3v) is 4.42. The smallest absolute Gasteiger partial charge is 0.226 e. The number of rotatable bonds is 4. The Bertz CT molecular complexity index is 737. The molecule has 0 atom stereocenters. The minimum atomic E-state index is -0.208. The highest BCUT2D eigenvalue weighted by atomic mass is 35.5. The van der Waals surface area contributed by atoms with Gasteiger partial charge in [0, 0.05) is 11.4 Å². The maximum Gasteiger partial charge on any atom is 0.226 e. The first-order chi connectivity index (χ1) is 11.0. The van der Waals surface area contributed by atoms with Crippen molar-refractivity contribution < 1.29 is 4.79 Å². The van der Waals surface area contributed by atoms with Crippen molar-refractivity contribution in [3.63, 3.8) is 0 Å². The third-order valence-electron chi connectivity index (χ3n) is 3.03. The summed E-state index contributed by atoms with van der Waals surface area (Å²) in [7, 11) is 0. The van der Waals surface area contributed by atoms with Crippen LogP contribution in [-0.4, -0.2) is 11.0 Å². The number of benzene rings is 2. The van der Waals surface area contributed by atoms with E-state index in [1.165, 1.54) is 0 Å². The molecule has 2 aromatic carbocycles. The Labute approximate surface area is 154 Å². The SMILES string of the molecule is O=C(CCc1ccccc1Cl)NC(=S)Nc1cccc(Cl)c1Cl. The van der Waals surface area contributed by atoms with E-state index in [2.05, 4.69) is 10.6 Å². The Kier molecular flexibility index (Phi) is 6.66. The maximum absolute atomic E-state index is 11.9. The van der Waals surface area contributed by atoms with Gasteiger partial charge in [0.1, 0.15) is 0 Å². The van der Waals surface area contributed by atoms with Crippen molar-refractivity contribution in [2.75, 3.05) is 5.32 Å². The first kappa shape index (κ1) is 18.0. The molecule has 23 heavy (non-hydrogen) atoms. The van der Waals surface area contributed by atoms with Crippen molar-refractivity contribution in [3.05, 3.63) is 63.1 Å². The number of halogens is 3. The molecule has 0 fully saturated rings. The third kappa shape index (κ3) is 5.36. The Morgan fingerprint density at radius 1 is 1.00 bits per heavy atom. The van der Waals surface area contributed by atoms with Crippen molar-refractivity contribution in [1.29, 1.82) is 0 Å². The Morgan fingerprint density at radius 3 is 2.43 bits per heavy atom. The summed E-state index contributed by atoms with van der Waals surface area (Å²) < 4.78 is 0. The summed E-state index contributed by atoms with van der Waals surface area (Å²) in [5.74, 6) is -0.208. The maximum atomic E-state index is 11.9. The number of aryl methyl sites for hydroxylation is 1. The predicted molar refractivity (Wildman–Crippen MR) is 101 cm³/mol. The first-order valence-electron chi connectivity index (χ1n) is 6.75. The van der Waals surface area contributed by atoms with Crippen LogP contribution in [0.1, 0.15) is 12.0 Å². The molecule has 0 bridgehead atoms. The summed E-state index contributed by atoms with van der Waals surface area (Å²) in [5.41, 5.74) is 1.46. The molecule has 120 valence electrons. The Hall–Kier alpha value is -1.33. The Morgan fingerprint density at radius 2 is 1.70 bits per heavy atom. The normalized spacial score (nSPS) is 10.2. The van der Waals surface area contributed by atoms with Crippen molar-refractivity contribution in [3.8, 4) is 0 Å². The quantitative estimate of drug-likeness (QED) is 0.718. The molecule has 0 radical (unpaired) electrons. The molecule has 1 amide bonds. The standard InChI is InChI=1S/C16H13Cl3N2OS/c17-11-5-2-1-4-10(11)8-9-14(22)21-16(23)20-13-7-3-6-12(18)15(13)19/h1-7H,8-9H2,(H2,20,21,22,23). The number of carbonyl (C=O) groups is 1. The van der Waals surface area contributed by atoms with E-state index in [0.29, 0.717) is 27.2 Å². The summed E-state index contributed by atoms with van der Waals surface area (Å²) in [6.45, 7) is 0. The second-order valence-corrected chi connectivity index (χ2v) is 6.30. The number of anilines is 1. The van der Waals surface area contributed by atoms with E-state index in [1.807, 2.05) is 18.2 Å². The lowest BCUT2D eigenvalue weighted by atomic mass is 10.1. The van der Waals surface area contributed by atoms with Crippen LogP contribution in [0, 0.1) is 0 Å². The topological polar surface area (TPSA) is 41.1 Å². The van der Waals surface area contributed by atoms with Crippen LogP contribution in [-0.2, 0) is 11.2 Å². The lowest BCUT2D eigenvalue weighted by molar-refractivity contribution is -0.119. The van der Waals surface area contributed by atoms with Crippen molar-refractivity contribution in [2.24, 2.45) is 0 Å². The molecule has 0 heterocycles. The van der Waals surface area contributed by atoms with Gasteiger partial charge in [-0.05, 0) is 42.4 Å². The summed E-state index contributed by atoms with van der Waals surface area (Å²) in [4.78, 5) is 11.9. The molecule has 0 aliphatic rings. The first-order valence-corrected chi connectivity index (χ1v) is 8.30. The Balaban J connectivity index is 1.86. The molecule has 0 aromatic heterocycles. The van der Waals surface area contributed by atoms with Crippen LogP contribution in [0.15, 0.2) is 42.5 Å². The van der Waals surface area contributed by atoms with Gasteiger partial charge in [-0.3, -0.25) is 4.79 Å². The van der Waals surface area contributed by atoms with Gasteiger partial charge in [0.25, 0.3) is 0 Å². The fourth-order valence-electron chi connectivity index (χ4n) is 1.89. The predicted octanol–water partition coefficient (Wildman–Crippen LogP) is 5.09. The van der Waals surface area contributed by atoms with Crippen LogP contribution in [0.4, 0.5) is 5.69 Å². The molecule has 2 N–H and O–H groups in total. The van der Waals surface area contributed by atoms with E-state index in [0.717, 1.165) is 5.56 Å². The number of hydrogen-bond acceptors (Lipinski definition) is 2. The molecule has 3 nitrogen and oxygen atoms in total. The number of hydrogen-bond donors (Lipinski definition) is 2. The van der Waals surface area contributed by atoms with E-state index < -0.39 is 0 Å². The van der Waals surface area contributed by atoms with Crippen LogP contribution < -0.4 is 10.6 Å². The minimum Gasteiger partial charge on any atom is -0.331 e. The van der Waals surface area contributed by atoms with Crippen molar-refractivity contribution >= 4 is 63.7 Å². The van der Waals surface area contributed by atoms with Crippen LogP contribution in [0.2, 0.25) is 15.1 Å². The van der Waals surface area contributed by atoms with Gasteiger partial charge in [-0.25, -0.2) is 0 Å². The van der Waals surface area contributed by atoms with Crippen LogP contribution >= 0.6 is 47.0 Å². The molecular weight excluding hydrogens is 375 g/mol. The molecule has 2 rings (SSSR count). The number of carbonyl (C=O) groups excluding carboxylic acids is 1. The van der Waals surface area contributed by atoms with Gasteiger partial charge >= 0.3 is 0 Å². The zero-order chi connectivity index (χ0) is 16.8. The van der Waals surface area contributed by atoms with Gasteiger partial charge < -0.3 is 10.6 Å². The van der Waals surface area contributed by atoms with E-state index in [4.69, 9.17) is 47.0 Å². The molecule has 2 aromatic rings. The van der Waals surface area contributed by atoms with Gasteiger partial charge in [-0.1, -0.05) is 59.1 Å². The summed E-state index contributed by atoms with van der Waals surface area (Å²) in [6, 6.07) is 12.5. The highest BCUT2D eigenvalue weighted by Crippen LogP contribution is 2.29. The zero-order valence-corrected chi connectivity index (χ0v) is 15.0. The molecule has 0 unspecified atom stereocenters. The van der Waals surface area contributed by atoms with Gasteiger partial charge in [0.05, 0.1) is 15.7 Å². The van der Waals surface area contributed by atoms with Gasteiger partial charge in [0.15, 0.2) is 5.11 Å². The fraction of sp³-hybridized carbons (Fsp3) is 0.125. The van der Waals surface area contributed by atoms with Gasteiger partial charge in [0.2, 0.25) is 5.91 Å². The van der Waals surface area contributed by atoms with E-state index in [9.17, 15) is 4.79 Å². The van der Waals surface area contributed by atoms with E-state index in [-0.39, 0.29) is 17.4 Å². The van der Waals surface area contributed by atoms with Crippen molar-refractivity contribution in [2.45, 2.75) is 12.8 Å². The average molecular weight is 388 g/mol. The van der Waals surface area contributed by atoms with Crippen LogP contribution in [0.5, 0.6) is 0 Å². The molecule has 0 aliphatic heterocycles. The average Bonchev–Trinajstić information content (AvgIpc) is 2.51. The second-order valence-electron chi connectivity index (χ2n) is 4.70. The highest BCUT2D eigenvalue weighted by Gasteiger charge is 2.09. The molecular formula is C16H13Cl3N2OS.